The molecule has 25 heavy (non-hydrogen) atoms. The third kappa shape index (κ3) is 4.42. The van der Waals surface area contributed by atoms with Crippen molar-refractivity contribution in [1.82, 2.24) is 10.6 Å². The van der Waals surface area contributed by atoms with Crippen LogP contribution in [-0.2, 0) is 9.84 Å². The summed E-state index contributed by atoms with van der Waals surface area (Å²) in [6.07, 6.45) is 2.06. The highest BCUT2D eigenvalue weighted by Gasteiger charge is 2.32. The second-order valence-corrected chi connectivity index (χ2v) is 9.40. The number of carbonyl (C=O) groups excluding carboxylic acids is 1. The van der Waals surface area contributed by atoms with Crippen molar-refractivity contribution in [3.63, 3.8) is 0 Å². The van der Waals surface area contributed by atoms with Crippen molar-refractivity contribution in [2.75, 3.05) is 23.7 Å². The maximum Gasteiger partial charge on any atom is 0.315 e. The van der Waals surface area contributed by atoms with Crippen molar-refractivity contribution < 1.29 is 17.6 Å². The van der Waals surface area contributed by atoms with Crippen LogP contribution in [0.4, 0.5) is 14.9 Å². The number of hydrogen-bond donors (Lipinski definition) is 2. The lowest BCUT2D eigenvalue weighted by molar-refractivity contribution is 0.233. The molecule has 1 aromatic carbocycles. The quantitative estimate of drug-likeness (QED) is 0.850. The molecule has 0 aliphatic carbocycles. The first kappa shape index (κ1) is 18.0. The van der Waals surface area contributed by atoms with E-state index < -0.39 is 9.84 Å². The third-order valence-electron chi connectivity index (χ3n) is 5.02. The molecule has 2 aliphatic rings. The molecule has 0 saturated carbocycles. The summed E-state index contributed by atoms with van der Waals surface area (Å²) in [4.78, 5) is 14.3. The number of carbonyl (C=O) groups is 1. The van der Waals surface area contributed by atoms with Gasteiger partial charge in [0.2, 0.25) is 0 Å². The molecule has 1 aromatic rings. The molecule has 2 heterocycles. The van der Waals surface area contributed by atoms with Crippen LogP contribution in [0.2, 0.25) is 0 Å². The van der Waals surface area contributed by atoms with E-state index in [-0.39, 0.29) is 34.9 Å². The van der Waals surface area contributed by atoms with Gasteiger partial charge in [0, 0.05) is 30.9 Å². The van der Waals surface area contributed by atoms with Gasteiger partial charge < -0.3 is 15.5 Å². The fourth-order valence-electron chi connectivity index (χ4n) is 3.43. The summed E-state index contributed by atoms with van der Waals surface area (Å²) in [5.74, 6) is -0.262. The van der Waals surface area contributed by atoms with E-state index in [0.29, 0.717) is 19.4 Å². The standard InChI is InChI=1S/C17H24FN3O3S/c1-12-2-5-15(11-25(12,23)24)20-17(22)19-14-8-9-21(10-14)16-6-3-13(18)4-7-16/h3-4,6-7,12,14-15H,2,5,8-11H2,1H3,(H2,19,20,22). The summed E-state index contributed by atoms with van der Waals surface area (Å²) < 4.78 is 36.9. The second kappa shape index (κ2) is 7.19. The van der Waals surface area contributed by atoms with Gasteiger partial charge >= 0.3 is 6.03 Å². The van der Waals surface area contributed by atoms with Crippen molar-refractivity contribution in [3.05, 3.63) is 30.1 Å². The maximum absolute atomic E-state index is 13.0. The molecule has 2 N–H and O–H groups in total. The highest BCUT2D eigenvalue weighted by Crippen LogP contribution is 2.21. The average Bonchev–Trinajstić information content (AvgIpc) is 2.99. The largest absolute Gasteiger partial charge is 0.369 e. The molecular formula is C17H24FN3O3S. The van der Waals surface area contributed by atoms with Crippen molar-refractivity contribution in [1.29, 1.82) is 0 Å². The van der Waals surface area contributed by atoms with Crippen LogP contribution in [0.5, 0.6) is 0 Å². The Morgan fingerprint density at radius 2 is 1.80 bits per heavy atom. The smallest absolute Gasteiger partial charge is 0.315 e. The van der Waals surface area contributed by atoms with Crippen LogP contribution in [0.1, 0.15) is 26.2 Å². The zero-order valence-electron chi connectivity index (χ0n) is 14.2. The van der Waals surface area contributed by atoms with Crippen molar-refractivity contribution in [2.45, 2.75) is 43.5 Å². The van der Waals surface area contributed by atoms with E-state index in [1.165, 1.54) is 12.1 Å². The van der Waals surface area contributed by atoms with Crippen LogP contribution in [0.3, 0.4) is 0 Å². The molecule has 6 nitrogen and oxygen atoms in total. The Morgan fingerprint density at radius 1 is 1.12 bits per heavy atom. The molecule has 0 spiro atoms. The first-order chi connectivity index (χ1) is 11.8. The highest BCUT2D eigenvalue weighted by atomic mass is 32.2. The normalized spacial score (nSPS) is 28.6. The number of amides is 2. The minimum Gasteiger partial charge on any atom is -0.369 e. The van der Waals surface area contributed by atoms with Gasteiger partial charge in [-0.15, -0.1) is 0 Å². The number of hydrogen-bond acceptors (Lipinski definition) is 4. The molecule has 2 amide bonds. The molecular weight excluding hydrogens is 345 g/mol. The number of nitrogens with one attached hydrogen (secondary N) is 2. The van der Waals surface area contributed by atoms with Gasteiger partial charge in [0.1, 0.15) is 5.82 Å². The molecule has 2 fully saturated rings. The minimum absolute atomic E-state index is 0.00789. The number of halogens is 1. The predicted octanol–water partition coefficient (Wildman–Crippen LogP) is 1.67. The lowest BCUT2D eigenvalue weighted by atomic mass is 10.1. The number of anilines is 1. The van der Waals surface area contributed by atoms with E-state index in [2.05, 4.69) is 15.5 Å². The molecule has 3 rings (SSSR count). The van der Waals surface area contributed by atoms with E-state index in [1.54, 1.807) is 19.1 Å². The second-order valence-electron chi connectivity index (χ2n) is 6.94. The number of rotatable bonds is 3. The molecule has 3 unspecified atom stereocenters. The maximum atomic E-state index is 13.0. The van der Waals surface area contributed by atoms with Crippen molar-refractivity contribution in [3.8, 4) is 0 Å². The topological polar surface area (TPSA) is 78.5 Å². The molecule has 2 saturated heterocycles. The van der Waals surface area contributed by atoms with E-state index >= 15 is 0 Å². The van der Waals surface area contributed by atoms with Gasteiger partial charge in [-0.2, -0.15) is 0 Å². The summed E-state index contributed by atoms with van der Waals surface area (Å²) in [5.41, 5.74) is 0.929. The van der Waals surface area contributed by atoms with Gasteiger partial charge in [0.15, 0.2) is 9.84 Å². The van der Waals surface area contributed by atoms with E-state index in [4.69, 9.17) is 0 Å². The minimum atomic E-state index is -3.11. The van der Waals surface area contributed by atoms with Gasteiger partial charge in [-0.05, 0) is 50.5 Å². The Balaban J connectivity index is 1.48. The van der Waals surface area contributed by atoms with Gasteiger partial charge in [0.25, 0.3) is 0 Å². The number of urea groups is 1. The van der Waals surface area contributed by atoms with Crippen LogP contribution < -0.4 is 15.5 Å². The van der Waals surface area contributed by atoms with Crippen molar-refractivity contribution >= 4 is 21.6 Å². The lowest BCUT2D eigenvalue weighted by Gasteiger charge is -2.27. The predicted molar refractivity (Wildman–Crippen MR) is 95.0 cm³/mol. The lowest BCUT2D eigenvalue weighted by Crippen LogP contribution is -2.51. The number of nitrogens with zero attached hydrogens (tertiary/aromatic N) is 1. The monoisotopic (exact) mass is 369 g/mol. The fourth-order valence-corrected chi connectivity index (χ4v) is 5.07. The zero-order chi connectivity index (χ0) is 18.0. The Morgan fingerprint density at radius 3 is 2.48 bits per heavy atom. The molecule has 0 bridgehead atoms. The van der Waals surface area contributed by atoms with Crippen LogP contribution >= 0.6 is 0 Å². The molecule has 0 aromatic heterocycles. The van der Waals surface area contributed by atoms with E-state index in [9.17, 15) is 17.6 Å². The highest BCUT2D eigenvalue weighted by molar-refractivity contribution is 7.92. The van der Waals surface area contributed by atoms with Gasteiger partial charge in [0.05, 0.1) is 11.0 Å². The summed E-state index contributed by atoms with van der Waals surface area (Å²) in [6, 6.07) is 5.65. The number of sulfone groups is 1. The van der Waals surface area contributed by atoms with Gasteiger partial charge in [-0.3, -0.25) is 0 Å². The van der Waals surface area contributed by atoms with E-state index in [0.717, 1.165) is 18.7 Å². The van der Waals surface area contributed by atoms with Crippen LogP contribution in [0.15, 0.2) is 24.3 Å². The first-order valence-electron chi connectivity index (χ1n) is 8.62. The Bertz CT molecular complexity index is 723. The van der Waals surface area contributed by atoms with E-state index in [1.807, 2.05) is 0 Å². The molecule has 0 radical (unpaired) electrons. The SMILES string of the molecule is CC1CCC(NC(=O)NC2CCN(c3ccc(F)cc3)C2)CS1(=O)=O. The molecule has 138 valence electrons. The van der Waals surface area contributed by atoms with Crippen molar-refractivity contribution in [2.24, 2.45) is 0 Å². The summed E-state index contributed by atoms with van der Waals surface area (Å²) in [5, 5.41) is 5.38. The average molecular weight is 369 g/mol. The Labute approximate surface area is 147 Å². The zero-order valence-corrected chi connectivity index (χ0v) is 15.1. The van der Waals surface area contributed by atoms with Crippen LogP contribution in [0.25, 0.3) is 0 Å². The molecule has 8 heteroatoms. The summed E-state index contributed by atoms with van der Waals surface area (Å²) in [7, 11) is -3.11. The summed E-state index contributed by atoms with van der Waals surface area (Å²) in [6.45, 7) is 3.15. The fraction of sp³-hybridized carbons (Fsp3) is 0.588. The van der Waals surface area contributed by atoms with Gasteiger partial charge in [-0.1, -0.05) is 0 Å². The molecule has 2 aliphatic heterocycles. The van der Waals surface area contributed by atoms with Crippen LogP contribution in [-0.4, -0.2) is 50.6 Å². The number of benzene rings is 1. The first-order valence-corrected chi connectivity index (χ1v) is 10.3. The Kier molecular flexibility index (Phi) is 5.17. The van der Waals surface area contributed by atoms with Crippen LogP contribution in [0, 0.1) is 5.82 Å². The Hall–Kier alpha value is -1.83. The van der Waals surface area contributed by atoms with Gasteiger partial charge in [-0.25, -0.2) is 17.6 Å². The third-order valence-corrected chi connectivity index (χ3v) is 7.35. The molecule has 3 atom stereocenters. The summed E-state index contributed by atoms with van der Waals surface area (Å²) >= 11 is 0.